The second-order valence-corrected chi connectivity index (χ2v) is 5.19. The molecular weight excluding hydrogens is 264 g/mol. The van der Waals surface area contributed by atoms with Crippen LogP contribution in [0.2, 0.25) is 0 Å². The Hall–Kier alpha value is -1.80. The number of hydrogen-bond acceptors (Lipinski definition) is 6. The Kier molecular flexibility index (Phi) is 4.23. The van der Waals surface area contributed by atoms with E-state index in [1.165, 1.54) is 11.3 Å². The summed E-state index contributed by atoms with van der Waals surface area (Å²) >= 11 is 1.46. The average molecular weight is 280 g/mol. The minimum Gasteiger partial charge on any atom is -0.329 e. The summed E-state index contributed by atoms with van der Waals surface area (Å²) < 4.78 is 1.54. The number of nitrogens with one attached hydrogen (secondary N) is 1. The van der Waals surface area contributed by atoms with E-state index in [-0.39, 0.29) is 11.6 Å². The molecule has 2 heterocycles. The predicted octanol–water partition coefficient (Wildman–Crippen LogP) is 0.816. The monoisotopic (exact) mass is 280 g/mol. The van der Waals surface area contributed by atoms with E-state index in [1.54, 1.807) is 10.9 Å². The number of aryl methyl sites for hydroxylation is 2. The summed E-state index contributed by atoms with van der Waals surface area (Å²) in [5.41, 5.74) is 6.68. The summed E-state index contributed by atoms with van der Waals surface area (Å²) in [5.74, 6) is -0.306. The summed E-state index contributed by atoms with van der Waals surface area (Å²) in [6.45, 7) is 5.02. The summed E-state index contributed by atoms with van der Waals surface area (Å²) in [4.78, 5) is 17.4. The van der Waals surface area contributed by atoms with E-state index in [4.69, 9.17) is 5.73 Å². The van der Waals surface area contributed by atoms with Gasteiger partial charge < -0.3 is 5.73 Å². The number of nitrogens with zero attached hydrogens (tertiary/aromatic N) is 4. The molecule has 0 unspecified atom stereocenters. The van der Waals surface area contributed by atoms with Gasteiger partial charge in [-0.3, -0.25) is 14.8 Å². The Morgan fingerprint density at radius 3 is 3.00 bits per heavy atom. The Bertz CT molecular complexity index is 576. The lowest BCUT2D eigenvalue weighted by molar-refractivity contribution is 0.102. The van der Waals surface area contributed by atoms with Crippen molar-refractivity contribution in [1.82, 2.24) is 20.0 Å². The molecule has 1 amide bonds. The molecule has 0 fully saturated rings. The van der Waals surface area contributed by atoms with Crippen molar-refractivity contribution in [3.63, 3.8) is 0 Å². The lowest BCUT2D eigenvalue weighted by Crippen LogP contribution is -2.12. The number of anilines is 1. The van der Waals surface area contributed by atoms with Crippen LogP contribution in [0.15, 0.2) is 6.20 Å². The van der Waals surface area contributed by atoms with Gasteiger partial charge in [0.1, 0.15) is 0 Å². The molecule has 3 N–H and O–H groups in total. The Morgan fingerprint density at radius 2 is 2.37 bits per heavy atom. The van der Waals surface area contributed by atoms with Crippen LogP contribution >= 0.6 is 11.3 Å². The van der Waals surface area contributed by atoms with Crippen molar-refractivity contribution in [2.75, 3.05) is 11.9 Å². The van der Waals surface area contributed by atoms with Crippen LogP contribution in [-0.2, 0) is 13.0 Å². The Labute approximate surface area is 114 Å². The van der Waals surface area contributed by atoms with Crippen molar-refractivity contribution in [3.8, 4) is 0 Å². The smallest absolute Gasteiger partial charge is 0.279 e. The first-order valence-electron chi connectivity index (χ1n) is 6.02. The van der Waals surface area contributed by atoms with Gasteiger partial charge in [0, 0.05) is 11.4 Å². The fraction of sp³-hybridized carbons (Fsp3) is 0.455. The highest BCUT2D eigenvalue weighted by Gasteiger charge is 2.14. The lowest BCUT2D eigenvalue weighted by atomic mass is 10.3. The van der Waals surface area contributed by atoms with Crippen molar-refractivity contribution >= 4 is 22.4 Å². The molecular formula is C11H16N6OS. The third-order valence-electron chi connectivity index (χ3n) is 2.58. The highest BCUT2D eigenvalue weighted by atomic mass is 32.1. The molecule has 2 aromatic rings. The Morgan fingerprint density at radius 1 is 1.58 bits per heavy atom. The molecule has 0 aliphatic rings. The van der Waals surface area contributed by atoms with Gasteiger partial charge in [-0.15, -0.1) is 16.4 Å². The SMILES string of the molecule is CCc1nc(NC(=O)c2cn(CCN)nn2)sc1C. The van der Waals surface area contributed by atoms with Gasteiger partial charge in [0.25, 0.3) is 5.91 Å². The third kappa shape index (κ3) is 3.15. The molecule has 0 spiro atoms. The van der Waals surface area contributed by atoms with Gasteiger partial charge in [0.15, 0.2) is 10.8 Å². The van der Waals surface area contributed by atoms with Crippen molar-refractivity contribution in [2.45, 2.75) is 26.8 Å². The number of hydrogen-bond donors (Lipinski definition) is 2. The van der Waals surface area contributed by atoms with Gasteiger partial charge in [-0.1, -0.05) is 12.1 Å². The van der Waals surface area contributed by atoms with E-state index >= 15 is 0 Å². The summed E-state index contributed by atoms with van der Waals surface area (Å²) in [6, 6.07) is 0. The molecule has 0 bridgehead atoms. The summed E-state index contributed by atoms with van der Waals surface area (Å²) in [5, 5.41) is 10.9. The van der Waals surface area contributed by atoms with Crippen molar-refractivity contribution < 1.29 is 4.79 Å². The molecule has 102 valence electrons. The molecule has 0 saturated heterocycles. The van der Waals surface area contributed by atoms with E-state index in [2.05, 4.69) is 20.6 Å². The van der Waals surface area contributed by atoms with Gasteiger partial charge >= 0.3 is 0 Å². The van der Waals surface area contributed by atoms with Crippen LogP contribution in [0.3, 0.4) is 0 Å². The van der Waals surface area contributed by atoms with E-state index in [0.717, 1.165) is 17.0 Å². The number of thiazole rings is 1. The molecule has 0 aliphatic heterocycles. The second kappa shape index (κ2) is 5.89. The molecule has 7 nitrogen and oxygen atoms in total. The molecule has 0 saturated carbocycles. The largest absolute Gasteiger partial charge is 0.329 e. The maximum absolute atomic E-state index is 11.9. The van der Waals surface area contributed by atoms with Gasteiger partial charge in [0.05, 0.1) is 18.4 Å². The van der Waals surface area contributed by atoms with Crippen LogP contribution in [0, 0.1) is 6.92 Å². The minimum atomic E-state index is -0.306. The first kappa shape index (κ1) is 13.6. The summed E-state index contributed by atoms with van der Waals surface area (Å²) in [7, 11) is 0. The van der Waals surface area contributed by atoms with Gasteiger partial charge in [-0.2, -0.15) is 0 Å². The fourth-order valence-electron chi connectivity index (χ4n) is 1.61. The van der Waals surface area contributed by atoms with Crippen molar-refractivity contribution in [1.29, 1.82) is 0 Å². The zero-order chi connectivity index (χ0) is 13.8. The number of rotatable bonds is 5. The first-order valence-corrected chi connectivity index (χ1v) is 6.83. The van der Waals surface area contributed by atoms with Gasteiger partial charge in [-0.25, -0.2) is 4.98 Å². The van der Waals surface area contributed by atoms with Crippen molar-refractivity contribution in [3.05, 3.63) is 22.5 Å². The third-order valence-corrected chi connectivity index (χ3v) is 3.51. The van der Waals surface area contributed by atoms with Gasteiger partial charge in [0.2, 0.25) is 0 Å². The maximum Gasteiger partial charge on any atom is 0.279 e. The average Bonchev–Trinajstić information content (AvgIpc) is 2.96. The summed E-state index contributed by atoms with van der Waals surface area (Å²) in [6.07, 6.45) is 2.42. The van der Waals surface area contributed by atoms with Crippen LogP contribution in [0.4, 0.5) is 5.13 Å². The number of carbonyl (C=O) groups excluding carboxylic acids is 1. The fourth-order valence-corrected chi connectivity index (χ4v) is 2.51. The van der Waals surface area contributed by atoms with Crippen LogP contribution < -0.4 is 11.1 Å². The molecule has 2 aromatic heterocycles. The minimum absolute atomic E-state index is 0.263. The standard InChI is InChI=1S/C11H16N6OS/c1-3-8-7(2)19-11(13-8)14-10(18)9-6-17(5-4-12)16-15-9/h6H,3-5,12H2,1-2H3,(H,13,14,18). The molecule has 0 atom stereocenters. The number of nitrogens with two attached hydrogens (primary N) is 1. The van der Waals surface area contributed by atoms with Crippen molar-refractivity contribution in [2.24, 2.45) is 5.73 Å². The van der Waals surface area contributed by atoms with Crippen LogP contribution in [0.25, 0.3) is 0 Å². The number of aromatic nitrogens is 4. The number of amides is 1. The van der Waals surface area contributed by atoms with E-state index in [9.17, 15) is 4.79 Å². The zero-order valence-corrected chi connectivity index (χ0v) is 11.7. The highest BCUT2D eigenvalue weighted by Crippen LogP contribution is 2.22. The van der Waals surface area contributed by atoms with E-state index in [0.29, 0.717) is 18.2 Å². The topological polar surface area (TPSA) is 98.7 Å². The van der Waals surface area contributed by atoms with E-state index < -0.39 is 0 Å². The highest BCUT2D eigenvalue weighted by molar-refractivity contribution is 7.15. The maximum atomic E-state index is 11.9. The quantitative estimate of drug-likeness (QED) is 0.844. The Balaban J connectivity index is 2.06. The molecule has 19 heavy (non-hydrogen) atoms. The van der Waals surface area contributed by atoms with Crippen LogP contribution in [0.1, 0.15) is 28.0 Å². The molecule has 0 radical (unpaired) electrons. The normalized spacial score (nSPS) is 10.7. The molecule has 2 rings (SSSR count). The van der Waals surface area contributed by atoms with Crippen LogP contribution in [0.5, 0.6) is 0 Å². The molecule has 8 heteroatoms. The molecule has 0 aliphatic carbocycles. The number of carbonyl (C=O) groups is 1. The van der Waals surface area contributed by atoms with Crippen LogP contribution in [-0.4, -0.2) is 32.4 Å². The van der Waals surface area contributed by atoms with E-state index in [1.807, 2.05) is 13.8 Å². The lowest BCUT2D eigenvalue weighted by Gasteiger charge is -1.96. The van der Waals surface area contributed by atoms with Gasteiger partial charge in [-0.05, 0) is 13.3 Å². The first-order chi connectivity index (χ1) is 9.13. The zero-order valence-electron chi connectivity index (χ0n) is 10.9. The predicted molar refractivity (Wildman–Crippen MR) is 73.3 cm³/mol. The molecule has 0 aromatic carbocycles. The second-order valence-electron chi connectivity index (χ2n) is 3.99.